The highest BCUT2D eigenvalue weighted by Crippen LogP contribution is 2.13. The molecule has 132 valence electrons. The topological polar surface area (TPSA) is 55.1 Å². The fourth-order valence-electron chi connectivity index (χ4n) is 2.58. The van der Waals surface area contributed by atoms with E-state index >= 15 is 0 Å². The molecule has 1 heterocycles. The highest BCUT2D eigenvalue weighted by molar-refractivity contribution is 5.27. The molecule has 24 heavy (non-hydrogen) atoms. The molecule has 2 aromatic rings. The van der Waals surface area contributed by atoms with Gasteiger partial charge in [-0.05, 0) is 42.8 Å². The van der Waals surface area contributed by atoms with Crippen LogP contribution < -0.4 is 4.74 Å². The lowest BCUT2D eigenvalue weighted by Crippen LogP contribution is -2.35. The number of aliphatic hydroxyl groups is 1. The molecule has 0 fully saturated rings. The molecule has 0 saturated carbocycles. The van der Waals surface area contributed by atoms with Gasteiger partial charge in [-0.25, -0.2) is 0 Å². The lowest BCUT2D eigenvalue weighted by atomic mass is 10.2. The smallest absolute Gasteiger partial charge is 0.129 e. The molecule has 5 nitrogen and oxygen atoms in total. The third kappa shape index (κ3) is 6.35. The molecule has 0 aliphatic rings. The predicted octanol–water partition coefficient (Wildman–Crippen LogP) is 3.08. The summed E-state index contributed by atoms with van der Waals surface area (Å²) in [6.45, 7) is 5.13. The van der Waals surface area contributed by atoms with Crippen molar-refractivity contribution in [1.29, 1.82) is 0 Å². The standard InChI is InChI=1S/C19H27NO4/c1-3-10-20(12-16-6-8-18(22-2)9-7-16)13-17(21)14-23-15-19-5-4-11-24-19/h4-9,11,17,21H,3,10,12-15H2,1-2H3/t17-/m0/s1. The lowest BCUT2D eigenvalue weighted by Gasteiger charge is -2.24. The van der Waals surface area contributed by atoms with Gasteiger partial charge in [0.05, 0.1) is 26.1 Å². The van der Waals surface area contributed by atoms with Crippen molar-refractivity contribution < 1.29 is 19.0 Å². The summed E-state index contributed by atoms with van der Waals surface area (Å²) in [5, 5.41) is 10.2. The molecule has 0 spiro atoms. The lowest BCUT2D eigenvalue weighted by molar-refractivity contribution is 0.00387. The van der Waals surface area contributed by atoms with Crippen LogP contribution >= 0.6 is 0 Å². The van der Waals surface area contributed by atoms with E-state index in [1.165, 1.54) is 5.56 Å². The number of benzene rings is 1. The van der Waals surface area contributed by atoms with Gasteiger partial charge in [-0.1, -0.05) is 19.1 Å². The Morgan fingerprint density at radius 3 is 2.62 bits per heavy atom. The zero-order valence-electron chi connectivity index (χ0n) is 14.5. The van der Waals surface area contributed by atoms with E-state index < -0.39 is 6.10 Å². The van der Waals surface area contributed by atoms with E-state index in [-0.39, 0.29) is 0 Å². The van der Waals surface area contributed by atoms with Gasteiger partial charge < -0.3 is 19.0 Å². The van der Waals surface area contributed by atoms with Crippen molar-refractivity contribution in [3.8, 4) is 5.75 Å². The minimum absolute atomic E-state index is 0.295. The summed E-state index contributed by atoms with van der Waals surface area (Å²) in [7, 11) is 1.66. The Bertz CT molecular complexity index is 553. The highest BCUT2D eigenvalue weighted by atomic mass is 16.5. The molecule has 5 heteroatoms. The van der Waals surface area contributed by atoms with E-state index in [1.807, 2.05) is 24.3 Å². The Hall–Kier alpha value is -1.82. The van der Waals surface area contributed by atoms with Crippen LogP contribution in [0.5, 0.6) is 5.75 Å². The molecule has 0 amide bonds. The largest absolute Gasteiger partial charge is 0.497 e. The Labute approximate surface area is 143 Å². The van der Waals surface area contributed by atoms with Crippen LogP contribution in [0.2, 0.25) is 0 Å². The normalized spacial score (nSPS) is 12.5. The average molecular weight is 333 g/mol. The second-order valence-corrected chi connectivity index (χ2v) is 5.83. The van der Waals surface area contributed by atoms with E-state index in [9.17, 15) is 5.11 Å². The second-order valence-electron chi connectivity index (χ2n) is 5.83. The average Bonchev–Trinajstić information content (AvgIpc) is 3.09. The first-order chi connectivity index (χ1) is 11.7. The summed E-state index contributed by atoms with van der Waals surface area (Å²) in [5.74, 6) is 1.62. The molecule has 1 aromatic carbocycles. The van der Waals surface area contributed by atoms with Crippen LogP contribution in [-0.4, -0.2) is 42.9 Å². The number of methoxy groups -OCH3 is 1. The van der Waals surface area contributed by atoms with Crippen molar-refractivity contribution in [1.82, 2.24) is 4.90 Å². The number of rotatable bonds is 11. The maximum atomic E-state index is 10.2. The van der Waals surface area contributed by atoms with E-state index in [1.54, 1.807) is 13.4 Å². The summed E-state index contributed by atoms with van der Waals surface area (Å²) in [4.78, 5) is 2.24. The summed E-state index contributed by atoms with van der Waals surface area (Å²) >= 11 is 0. The molecular weight excluding hydrogens is 306 g/mol. The van der Waals surface area contributed by atoms with Crippen molar-refractivity contribution in [2.45, 2.75) is 32.6 Å². The zero-order chi connectivity index (χ0) is 17.2. The number of nitrogens with zero attached hydrogens (tertiary/aromatic N) is 1. The molecule has 2 rings (SSSR count). The molecule has 0 bridgehead atoms. The van der Waals surface area contributed by atoms with E-state index in [0.717, 1.165) is 31.0 Å². The summed E-state index contributed by atoms with van der Waals surface area (Å²) in [6, 6.07) is 11.7. The van der Waals surface area contributed by atoms with Crippen LogP contribution in [0.25, 0.3) is 0 Å². The Morgan fingerprint density at radius 2 is 2.00 bits per heavy atom. The van der Waals surface area contributed by atoms with Gasteiger partial charge in [-0.3, -0.25) is 4.90 Å². The number of furan rings is 1. The highest BCUT2D eigenvalue weighted by Gasteiger charge is 2.12. The molecule has 1 aromatic heterocycles. The molecule has 1 N–H and O–H groups in total. The van der Waals surface area contributed by atoms with E-state index in [4.69, 9.17) is 13.9 Å². The fraction of sp³-hybridized carbons (Fsp3) is 0.474. The Kier molecular flexibility index (Phi) is 7.82. The zero-order valence-corrected chi connectivity index (χ0v) is 14.5. The molecule has 0 aliphatic heterocycles. The predicted molar refractivity (Wildman–Crippen MR) is 92.9 cm³/mol. The quantitative estimate of drug-likeness (QED) is 0.685. The first-order valence-electron chi connectivity index (χ1n) is 8.34. The second kappa shape index (κ2) is 10.1. The van der Waals surface area contributed by atoms with Gasteiger partial charge in [0.2, 0.25) is 0 Å². The molecule has 0 radical (unpaired) electrons. The van der Waals surface area contributed by atoms with Crippen LogP contribution in [0.3, 0.4) is 0 Å². The summed E-state index contributed by atoms with van der Waals surface area (Å²) in [5.41, 5.74) is 1.20. The first-order valence-corrected chi connectivity index (χ1v) is 8.34. The van der Waals surface area contributed by atoms with E-state index in [2.05, 4.69) is 24.0 Å². The van der Waals surface area contributed by atoms with Gasteiger partial charge in [-0.2, -0.15) is 0 Å². The van der Waals surface area contributed by atoms with Crippen LogP contribution in [0.1, 0.15) is 24.7 Å². The minimum Gasteiger partial charge on any atom is -0.497 e. The van der Waals surface area contributed by atoms with Gasteiger partial charge in [0.25, 0.3) is 0 Å². The third-order valence-electron chi connectivity index (χ3n) is 3.71. The SMILES string of the molecule is CCCN(Cc1ccc(OC)cc1)C[C@H](O)COCc1ccco1. The number of hydrogen-bond donors (Lipinski definition) is 1. The number of aliphatic hydroxyl groups excluding tert-OH is 1. The van der Waals surface area contributed by atoms with E-state index in [0.29, 0.717) is 19.8 Å². The molecule has 0 saturated heterocycles. The molecule has 1 atom stereocenters. The molecular formula is C19H27NO4. The van der Waals surface area contributed by atoms with Gasteiger partial charge in [0.15, 0.2) is 0 Å². The van der Waals surface area contributed by atoms with Crippen molar-refractivity contribution in [2.75, 3.05) is 26.8 Å². The van der Waals surface area contributed by atoms with Crippen LogP contribution in [0.4, 0.5) is 0 Å². The fourth-order valence-corrected chi connectivity index (χ4v) is 2.58. The van der Waals surface area contributed by atoms with Gasteiger partial charge in [-0.15, -0.1) is 0 Å². The maximum Gasteiger partial charge on any atom is 0.129 e. The van der Waals surface area contributed by atoms with Crippen molar-refractivity contribution in [3.63, 3.8) is 0 Å². The summed E-state index contributed by atoms with van der Waals surface area (Å²) < 4.78 is 15.9. The minimum atomic E-state index is -0.523. The Balaban J connectivity index is 1.78. The molecule has 0 aliphatic carbocycles. The number of hydrogen-bond acceptors (Lipinski definition) is 5. The third-order valence-corrected chi connectivity index (χ3v) is 3.71. The van der Waals surface area contributed by atoms with Crippen molar-refractivity contribution >= 4 is 0 Å². The first kappa shape index (κ1) is 18.5. The van der Waals surface area contributed by atoms with Gasteiger partial charge >= 0.3 is 0 Å². The maximum absolute atomic E-state index is 10.2. The summed E-state index contributed by atoms with van der Waals surface area (Å²) in [6.07, 6.45) is 2.13. The van der Waals surface area contributed by atoms with Crippen LogP contribution in [0.15, 0.2) is 47.1 Å². The van der Waals surface area contributed by atoms with Gasteiger partial charge in [0, 0.05) is 13.1 Å². The van der Waals surface area contributed by atoms with Crippen LogP contribution in [0, 0.1) is 0 Å². The van der Waals surface area contributed by atoms with Crippen LogP contribution in [-0.2, 0) is 17.9 Å². The Morgan fingerprint density at radius 1 is 1.21 bits per heavy atom. The van der Waals surface area contributed by atoms with Crippen molar-refractivity contribution in [2.24, 2.45) is 0 Å². The number of ether oxygens (including phenoxy) is 2. The molecule has 0 unspecified atom stereocenters. The van der Waals surface area contributed by atoms with Crippen molar-refractivity contribution in [3.05, 3.63) is 54.0 Å². The van der Waals surface area contributed by atoms with Gasteiger partial charge in [0.1, 0.15) is 18.1 Å². The monoisotopic (exact) mass is 333 g/mol.